The standard InChI is InChI=1S/C10H12.C7H14N2.C2H6/c1-2-3-7-10-8-5-4-6-9-10;1-2-6(1)9-7-3-4-8-5-7;1-2/h3-9H,2H2,1H3;6-9H,1-5H2;1-2H3/b7-3-;;. The molecule has 1 atom stereocenters. The predicted octanol–water partition coefficient (Wildman–Crippen LogP) is 4.24. The van der Waals surface area contributed by atoms with Crippen molar-refractivity contribution in [1.29, 1.82) is 0 Å². The first-order valence-corrected chi connectivity index (χ1v) is 8.57. The molecule has 0 spiro atoms. The Bertz CT molecular complexity index is 362. The molecule has 1 aromatic carbocycles. The summed E-state index contributed by atoms with van der Waals surface area (Å²) in [6, 6.07) is 12.0. The summed E-state index contributed by atoms with van der Waals surface area (Å²) in [7, 11) is 0. The number of nitrogens with one attached hydrogen (secondary N) is 2. The van der Waals surface area contributed by atoms with Crippen LogP contribution in [0, 0.1) is 0 Å². The van der Waals surface area contributed by atoms with Crippen LogP contribution in [0.15, 0.2) is 36.4 Å². The highest BCUT2D eigenvalue weighted by Crippen LogP contribution is 2.20. The second kappa shape index (κ2) is 11.5. The zero-order valence-electron chi connectivity index (χ0n) is 13.9. The summed E-state index contributed by atoms with van der Waals surface area (Å²) >= 11 is 0. The van der Waals surface area contributed by atoms with E-state index >= 15 is 0 Å². The van der Waals surface area contributed by atoms with Gasteiger partial charge in [0.15, 0.2) is 0 Å². The molecule has 1 aromatic rings. The van der Waals surface area contributed by atoms with Crippen LogP contribution in [0.1, 0.15) is 52.0 Å². The van der Waals surface area contributed by atoms with Crippen LogP contribution in [0.5, 0.6) is 0 Å². The number of benzene rings is 1. The summed E-state index contributed by atoms with van der Waals surface area (Å²) in [5.41, 5.74) is 1.28. The summed E-state index contributed by atoms with van der Waals surface area (Å²) in [5.74, 6) is 0. The van der Waals surface area contributed by atoms with E-state index in [0.29, 0.717) is 0 Å². The first kappa shape index (κ1) is 17.9. The number of rotatable bonds is 4. The Labute approximate surface area is 131 Å². The van der Waals surface area contributed by atoms with Gasteiger partial charge in [-0.25, -0.2) is 0 Å². The normalized spacial score (nSPS) is 20.4. The van der Waals surface area contributed by atoms with Crippen LogP contribution >= 0.6 is 0 Å². The van der Waals surface area contributed by atoms with Gasteiger partial charge in [0.2, 0.25) is 0 Å². The predicted molar refractivity (Wildman–Crippen MR) is 94.5 cm³/mol. The lowest BCUT2D eigenvalue weighted by Crippen LogP contribution is -2.32. The lowest BCUT2D eigenvalue weighted by atomic mass is 10.2. The summed E-state index contributed by atoms with van der Waals surface area (Å²) < 4.78 is 0. The fourth-order valence-electron chi connectivity index (χ4n) is 2.20. The van der Waals surface area contributed by atoms with Gasteiger partial charge in [-0.3, -0.25) is 0 Å². The van der Waals surface area contributed by atoms with E-state index in [9.17, 15) is 0 Å². The zero-order chi connectivity index (χ0) is 15.3. The average molecular weight is 288 g/mol. The van der Waals surface area contributed by atoms with Gasteiger partial charge in [0.25, 0.3) is 0 Å². The summed E-state index contributed by atoms with van der Waals surface area (Å²) in [6.07, 6.45) is 9.56. The number of hydrogen-bond donors (Lipinski definition) is 2. The molecule has 2 N–H and O–H groups in total. The minimum Gasteiger partial charge on any atom is -0.315 e. The van der Waals surface area contributed by atoms with Crippen molar-refractivity contribution in [2.24, 2.45) is 0 Å². The number of hydrogen-bond acceptors (Lipinski definition) is 2. The third kappa shape index (κ3) is 8.69. The van der Waals surface area contributed by atoms with Crippen LogP contribution in [-0.4, -0.2) is 25.2 Å². The van der Waals surface area contributed by atoms with E-state index in [1.807, 2.05) is 19.9 Å². The van der Waals surface area contributed by atoms with Crippen LogP contribution in [-0.2, 0) is 0 Å². The van der Waals surface area contributed by atoms with Crippen LogP contribution < -0.4 is 10.6 Å². The van der Waals surface area contributed by atoms with E-state index in [1.165, 1.54) is 37.9 Å². The lowest BCUT2D eigenvalue weighted by Gasteiger charge is -2.08. The van der Waals surface area contributed by atoms with Crippen molar-refractivity contribution in [3.8, 4) is 0 Å². The minimum atomic E-state index is 0.789. The van der Waals surface area contributed by atoms with Gasteiger partial charge in [-0.2, -0.15) is 0 Å². The van der Waals surface area contributed by atoms with Gasteiger partial charge in [0.1, 0.15) is 0 Å². The summed E-state index contributed by atoms with van der Waals surface area (Å²) in [5, 5.41) is 6.93. The molecule has 1 unspecified atom stereocenters. The van der Waals surface area contributed by atoms with Gasteiger partial charge in [0, 0.05) is 18.6 Å². The van der Waals surface area contributed by atoms with Crippen LogP contribution in [0.2, 0.25) is 0 Å². The molecule has 2 nitrogen and oxygen atoms in total. The third-order valence-corrected chi connectivity index (χ3v) is 3.45. The first-order chi connectivity index (χ1) is 10.4. The van der Waals surface area contributed by atoms with E-state index in [-0.39, 0.29) is 0 Å². The Balaban J connectivity index is 0.000000188. The Kier molecular flexibility index (Phi) is 9.84. The summed E-state index contributed by atoms with van der Waals surface area (Å²) in [6.45, 7) is 8.54. The van der Waals surface area contributed by atoms with Crippen LogP contribution in [0.3, 0.4) is 0 Å². The molecule has 0 amide bonds. The van der Waals surface area contributed by atoms with Crippen molar-refractivity contribution in [1.82, 2.24) is 10.6 Å². The van der Waals surface area contributed by atoms with Crippen molar-refractivity contribution in [3.63, 3.8) is 0 Å². The maximum absolute atomic E-state index is 3.59. The highest BCUT2D eigenvalue weighted by Gasteiger charge is 2.25. The Morgan fingerprint density at radius 2 is 1.81 bits per heavy atom. The SMILES string of the molecule is C1CC(NC2CC2)CN1.CC.CC/C=C\c1ccccc1. The van der Waals surface area contributed by atoms with E-state index < -0.39 is 0 Å². The Hall–Kier alpha value is -1.12. The van der Waals surface area contributed by atoms with E-state index in [0.717, 1.165) is 18.5 Å². The van der Waals surface area contributed by atoms with Gasteiger partial charge >= 0.3 is 0 Å². The first-order valence-electron chi connectivity index (χ1n) is 8.57. The second-order valence-corrected chi connectivity index (χ2v) is 5.35. The highest BCUT2D eigenvalue weighted by molar-refractivity contribution is 5.48. The van der Waals surface area contributed by atoms with Crippen molar-refractivity contribution < 1.29 is 0 Å². The molecule has 118 valence electrons. The fraction of sp³-hybridized carbons (Fsp3) is 0.579. The molecule has 0 aromatic heterocycles. The van der Waals surface area contributed by atoms with Crippen molar-refractivity contribution >= 4 is 6.08 Å². The van der Waals surface area contributed by atoms with Crippen molar-refractivity contribution in [3.05, 3.63) is 42.0 Å². The van der Waals surface area contributed by atoms with Crippen LogP contribution in [0.25, 0.3) is 6.08 Å². The molecule has 0 bridgehead atoms. The molecular weight excluding hydrogens is 256 g/mol. The quantitative estimate of drug-likeness (QED) is 0.866. The molecule has 1 heterocycles. The maximum atomic E-state index is 3.59. The Morgan fingerprint density at radius 3 is 2.33 bits per heavy atom. The lowest BCUT2D eigenvalue weighted by molar-refractivity contribution is 0.544. The average Bonchev–Trinajstić information content (AvgIpc) is 3.21. The van der Waals surface area contributed by atoms with Gasteiger partial charge in [0.05, 0.1) is 0 Å². The third-order valence-electron chi connectivity index (χ3n) is 3.45. The van der Waals surface area contributed by atoms with E-state index in [4.69, 9.17) is 0 Å². The van der Waals surface area contributed by atoms with E-state index in [1.54, 1.807) is 0 Å². The van der Waals surface area contributed by atoms with Crippen molar-refractivity contribution in [2.45, 2.75) is 58.5 Å². The smallest absolute Gasteiger partial charge is 0.0207 e. The van der Waals surface area contributed by atoms with Gasteiger partial charge in [-0.1, -0.05) is 63.3 Å². The number of allylic oxidation sites excluding steroid dienone is 1. The van der Waals surface area contributed by atoms with Crippen LogP contribution in [0.4, 0.5) is 0 Å². The molecule has 2 heteroatoms. The maximum Gasteiger partial charge on any atom is 0.0207 e. The minimum absolute atomic E-state index is 0.789. The fourth-order valence-corrected chi connectivity index (χ4v) is 2.20. The largest absolute Gasteiger partial charge is 0.315 e. The van der Waals surface area contributed by atoms with E-state index in [2.05, 4.69) is 54.0 Å². The molecular formula is C19H32N2. The van der Waals surface area contributed by atoms with Crippen molar-refractivity contribution in [2.75, 3.05) is 13.1 Å². The molecule has 1 saturated heterocycles. The molecule has 0 radical (unpaired) electrons. The monoisotopic (exact) mass is 288 g/mol. The molecule has 2 aliphatic rings. The molecule has 1 aliphatic carbocycles. The Morgan fingerprint density at radius 1 is 1.10 bits per heavy atom. The zero-order valence-corrected chi connectivity index (χ0v) is 13.9. The highest BCUT2D eigenvalue weighted by atomic mass is 15.1. The molecule has 1 saturated carbocycles. The second-order valence-electron chi connectivity index (χ2n) is 5.35. The van der Waals surface area contributed by atoms with Gasteiger partial charge < -0.3 is 10.6 Å². The molecule has 1 aliphatic heterocycles. The van der Waals surface area contributed by atoms with Gasteiger partial charge in [-0.05, 0) is 37.8 Å². The topological polar surface area (TPSA) is 24.1 Å². The molecule has 21 heavy (non-hydrogen) atoms. The molecule has 3 rings (SSSR count). The molecule has 2 fully saturated rings. The van der Waals surface area contributed by atoms with Gasteiger partial charge in [-0.15, -0.1) is 0 Å². The summed E-state index contributed by atoms with van der Waals surface area (Å²) in [4.78, 5) is 0.